The van der Waals surface area contributed by atoms with Crippen molar-refractivity contribution in [1.82, 2.24) is 5.32 Å². The van der Waals surface area contributed by atoms with Crippen LogP contribution < -0.4 is 10.1 Å². The van der Waals surface area contributed by atoms with Gasteiger partial charge in [-0.1, -0.05) is 49.9 Å². The molecule has 0 spiro atoms. The zero-order valence-corrected chi connectivity index (χ0v) is 14.6. The quantitative estimate of drug-likeness (QED) is 0.772. The fourth-order valence-corrected chi connectivity index (χ4v) is 3.83. The third-order valence-corrected chi connectivity index (χ3v) is 5.18. The van der Waals surface area contributed by atoms with E-state index in [1.165, 1.54) is 25.7 Å². The smallest absolute Gasteiger partial charge is 0.138 e. The summed E-state index contributed by atoms with van der Waals surface area (Å²) in [6.07, 6.45) is 5.10. The van der Waals surface area contributed by atoms with Gasteiger partial charge in [0.25, 0.3) is 0 Å². The minimum atomic E-state index is 0.276. The van der Waals surface area contributed by atoms with E-state index < -0.39 is 0 Å². The van der Waals surface area contributed by atoms with Crippen LogP contribution in [0.2, 0.25) is 10.0 Å². The fourth-order valence-electron chi connectivity index (χ4n) is 3.31. The first kappa shape index (κ1) is 16.9. The highest BCUT2D eigenvalue weighted by Crippen LogP contribution is 2.41. The minimum absolute atomic E-state index is 0.276. The molecule has 1 aliphatic carbocycles. The Kier molecular flexibility index (Phi) is 6.21. The molecule has 0 amide bonds. The van der Waals surface area contributed by atoms with E-state index in [4.69, 9.17) is 27.9 Å². The van der Waals surface area contributed by atoms with E-state index in [1.807, 2.05) is 12.1 Å². The van der Waals surface area contributed by atoms with Crippen LogP contribution in [-0.4, -0.2) is 13.7 Å². The molecule has 1 aromatic rings. The van der Waals surface area contributed by atoms with Crippen molar-refractivity contribution in [2.75, 3.05) is 13.7 Å². The normalized spacial score (nSPS) is 23.9. The predicted molar refractivity (Wildman–Crippen MR) is 90.6 cm³/mol. The molecule has 21 heavy (non-hydrogen) atoms. The first-order chi connectivity index (χ1) is 10.1. The van der Waals surface area contributed by atoms with Gasteiger partial charge in [-0.3, -0.25) is 0 Å². The van der Waals surface area contributed by atoms with E-state index in [1.54, 1.807) is 7.11 Å². The number of hydrogen-bond acceptors (Lipinski definition) is 2. The van der Waals surface area contributed by atoms with Crippen molar-refractivity contribution in [1.29, 1.82) is 0 Å². The van der Waals surface area contributed by atoms with Gasteiger partial charge < -0.3 is 10.1 Å². The van der Waals surface area contributed by atoms with Crippen LogP contribution in [0.15, 0.2) is 12.1 Å². The molecule has 1 unspecified atom stereocenters. The molecule has 0 radical (unpaired) electrons. The maximum absolute atomic E-state index is 6.48. The molecule has 118 valence electrons. The van der Waals surface area contributed by atoms with Crippen LogP contribution in [-0.2, 0) is 0 Å². The lowest BCUT2D eigenvalue weighted by molar-refractivity contribution is 0.233. The number of benzene rings is 1. The van der Waals surface area contributed by atoms with E-state index in [0.717, 1.165) is 23.0 Å². The van der Waals surface area contributed by atoms with Gasteiger partial charge in [0.05, 0.1) is 12.1 Å². The molecule has 0 saturated heterocycles. The predicted octanol–water partition coefficient (Wildman–Crippen LogP) is 5.48. The Labute approximate surface area is 138 Å². The summed E-state index contributed by atoms with van der Waals surface area (Å²) in [4.78, 5) is 0. The lowest BCUT2D eigenvalue weighted by Crippen LogP contribution is -2.31. The highest BCUT2D eigenvalue weighted by Gasteiger charge is 2.28. The Morgan fingerprint density at radius 2 is 1.86 bits per heavy atom. The van der Waals surface area contributed by atoms with E-state index in [0.29, 0.717) is 16.7 Å². The number of ether oxygens (including phenoxy) is 1. The largest absolute Gasteiger partial charge is 0.495 e. The molecule has 1 aliphatic rings. The number of methoxy groups -OCH3 is 1. The van der Waals surface area contributed by atoms with Gasteiger partial charge in [0.1, 0.15) is 5.75 Å². The summed E-state index contributed by atoms with van der Waals surface area (Å²) in [5.74, 6) is 2.11. The molecule has 1 N–H and O–H groups in total. The molecule has 1 aromatic carbocycles. The van der Waals surface area contributed by atoms with Crippen LogP contribution in [0, 0.1) is 11.8 Å². The topological polar surface area (TPSA) is 21.3 Å². The molecular weight excluding hydrogens is 305 g/mol. The molecule has 4 heteroatoms. The van der Waals surface area contributed by atoms with Crippen molar-refractivity contribution in [2.45, 2.75) is 45.6 Å². The van der Waals surface area contributed by atoms with Crippen molar-refractivity contribution in [2.24, 2.45) is 11.8 Å². The summed E-state index contributed by atoms with van der Waals surface area (Å²) < 4.78 is 5.24. The highest BCUT2D eigenvalue weighted by atomic mass is 35.5. The molecule has 0 bridgehead atoms. The van der Waals surface area contributed by atoms with Crippen LogP contribution in [0.3, 0.4) is 0 Å². The molecule has 1 atom stereocenters. The third kappa shape index (κ3) is 4.06. The molecule has 0 aromatic heterocycles. The number of hydrogen-bond donors (Lipinski definition) is 1. The SMILES string of the molecule is CCNC(c1cc(Cl)c(OC)cc1Cl)C1CCC(C)CC1. The Balaban J connectivity index is 2.27. The highest BCUT2D eigenvalue weighted by molar-refractivity contribution is 6.34. The van der Waals surface area contributed by atoms with Crippen molar-refractivity contribution in [3.8, 4) is 5.75 Å². The van der Waals surface area contributed by atoms with Crippen molar-refractivity contribution in [3.05, 3.63) is 27.7 Å². The van der Waals surface area contributed by atoms with Crippen molar-refractivity contribution in [3.63, 3.8) is 0 Å². The number of nitrogens with one attached hydrogen (secondary N) is 1. The lowest BCUT2D eigenvalue weighted by Gasteiger charge is -2.34. The van der Waals surface area contributed by atoms with Gasteiger partial charge in [-0.05, 0) is 42.9 Å². The summed E-state index contributed by atoms with van der Waals surface area (Å²) in [6.45, 7) is 5.41. The molecule has 1 fully saturated rings. The third-order valence-electron chi connectivity index (χ3n) is 4.56. The molecular formula is C17H25Cl2NO. The van der Waals surface area contributed by atoms with Crippen LogP contribution >= 0.6 is 23.2 Å². The first-order valence-corrected chi connectivity index (χ1v) is 8.58. The average Bonchev–Trinajstić information content (AvgIpc) is 2.48. The van der Waals surface area contributed by atoms with Gasteiger partial charge in [-0.25, -0.2) is 0 Å². The van der Waals surface area contributed by atoms with Crippen LogP contribution in [0.25, 0.3) is 0 Å². The first-order valence-electron chi connectivity index (χ1n) is 7.83. The second kappa shape index (κ2) is 7.71. The zero-order valence-electron chi connectivity index (χ0n) is 13.1. The van der Waals surface area contributed by atoms with Crippen molar-refractivity contribution < 1.29 is 4.74 Å². The Bertz CT molecular complexity index is 470. The molecule has 0 heterocycles. The molecule has 0 aliphatic heterocycles. The van der Waals surface area contributed by atoms with E-state index in [9.17, 15) is 0 Å². The average molecular weight is 330 g/mol. The molecule has 2 nitrogen and oxygen atoms in total. The van der Waals surface area contributed by atoms with Gasteiger partial charge in [-0.15, -0.1) is 0 Å². The minimum Gasteiger partial charge on any atom is -0.495 e. The second-order valence-corrected chi connectivity index (χ2v) is 6.88. The van der Waals surface area contributed by atoms with Gasteiger partial charge in [0, 0.05) is 17.1 Å². The summed E-state index contributed by atoms with van der Waals surface area (Å²) in [7, 11) is 1.61. The maximum atomic E-state index is 6.48. The monoisotopic (exact) mass is 329 g/mol. The van der Waals surface area contributed by atoms with Crippen LogP contribution in [0.5, 0.6) is 5.75 Å². The van der Waals surface area contributed by atoms with E-state index >= 15 is 0 Å². The van der Waals surface area contributed by atoms with Crippen molar-refractivity contribution >= 4 is 23.2 Å². The summed E-state index contributed by atoms with van der Waals surface area (Å²) in [5, 5.41) is 4.97. The number of rotatable bonds is 5. The summed E-state index contributed by atoms with van der Waals surface area (Å²) >= 11 is 12.8. The maximum Gasteiger partial charge on any atom is 0.138 e. The molecule has 2 rings (SSSR count). The fraction of sp³-hybridized carbons (Fsp3) is 0.647. The zero-order chi connectivity index (χ0) is 15.4. The Morgan fingerprint density at radius 3 is 2.43 bits per heavy atom. The van der Waals surface area contributed by atoms with Gasteiger partial charge in [-0.2, -0.15) is 0 Å². The van der Waals surface area contributed by atoms with Gasteiger partial charge >= 0.3 is 0 Å². The van der Waals surface area contributed by atoms with Crippen LogP contribution in [0.1, 0.15) is 51.1 Å². The Morgan fingerprint density at radius 1 is 1.19 bits per heavy atom. The van der Waals surface area contributed by atoms with Gasteiger partial charge in [0.15, 0.2) is 0 Å². The summed E-state index contributed by atoms with van der Waals surface area (Å²) in [6, 6.07) is 4.07. The Hall–Kier alpha value is -0.440. The van der Waals surface area contributed by atoms with Gasteiger partial charge in [0.2, 0.25) is 0 Å². The van der Waals surface area contributed by atoms with Crippen LogP contribution in [0.4, 0.5) is 0 Å². The second-order valence-electron chi connectivity index (χ2n) is 6.06. The van der Waals surface area contributed by atoms with E-state index in [2.05, 4.69) is 19.2 Å². The standard InChI is InChI=1S/C17H25Cl2NO/c1-4-20-17(12-7-5-11(2)6-8-12)13-9-15(19)16(21-3)10-14(13)18/h9-12,17,20H,4-8H2,1-3H3. The van der Waals surface area contributed by atoms with E-state index in [-0.39, 0.29) is 6.04 Å². The molecule has 1 saturated carbocycles. The summed E-state index contributed by atoms with van der Waals surface area (Å²) in [5.41, 5.74) is 1.10. The number of halogens is 2. The lowest BCUT2D eigenvalue weighted by atomic mass is 9.77.